The van der Waals surface area contributed by atoms with Gasteiger partial charge in [-0.25, -0.2) is 0 Å². The van der Waals surface area contributed by atoms with Gasteiger partial charge in [0, 0.05) is 26.1 Å². The average Bonchev–Trinajstić information content (AvgIpc) is 2.62. The van der Waals surface area contributed by atoms with Crippen LogP contribution < -0.4 is 10.6 Å². The fourth-order valence-electron chi connectivity index (χ4n) is 3.32. The molecule has 1 atom stereocenters. The molecule has 1 aromatic rings. The van der Waals surface area contributed by atoms with Crippen LogP contribution >= 0.6 is 0 Å². The second-order valence-corrected chi connectivity index (χ2v) is 6.87. The Kier molecular flexibility index (Phi) is 7.63. The van der Waals surface area contributed by atoms with Crippen molar-refractivity contribution in [3.8, 4) is 0 Å². The Hall–Kier alpha value is -2.37. The molecule has 0 bridgehead atoms. The molecule has 142 valence electrons. The monoisotopic (exact) mass is 359 g/mol. The van der Waals surface area contributed by atoms with Crippen molar-refractivity contribution in [2.45, 2.75) is 58.0 Å². The molecule has 0 spiro atoms. The number of rotatable bonds is 7. The molecule has 1 heterocycles. The Bertz CT molecular complexity index is 610. The first-order valence-electron chi connectivity index (χ1n) is 9.38. The highest BCUT2D eigenvalue weighted by Crippen LogP contribution is 2.13. The molecule has 0 aromatic heterocycles. The number of nitrogens with zero attached hydrogens (tertiary/aromatic N) is 1. The number of piperidine rings is 1. The molecule has 1 aromatic carbocycles. The van der Waals surface area contributed by atoms with Crippen molar-refractivity contribution in [3.05, 3.63) is 35.9 Å². The van der Waals surface area contributed by atoms with Crippen LogP contribution in [0.2, 0.25) is 0 Å². The molecule has 0 aliphatic carbocycles. The predicted molar refractivity (Wildman–Crippen MR) is 100 cm³/mol. The molecule has 26 heavy (non-hydrogen) atoms. The van der Waals surface area contributed by atoms with Crippen molar-refractivity contribution in [1.29, 1.82) is 0 Å². The van der Waals surface area contributed by atoms with Gasteiger partial charge in [0.05, 0.1) is 6.42 Å². The molecular formula is C20H29N3O3. The summed E-state index contributed by atoms with van der Waals surface area (Å²) in [7, 11) is 0. The van der Waals surface area contributed by atoms with Crippen LogP contribution in [-0.4, -0.2) is 47.8 Å². The lowest BCUT2D eigenvalue weighted by Crippen LogP contribution is -2.53. The van der Waals surface area contributed by atoms with Gasteiger partial charge in [0.1, 0.15) is 6.04 Å². The number of nitrogens with one attached hydrogen (secondary N) is 2. The van der Waals surface area contributed by atoms with Crippen molar-refractivity contribution in [2.75, 3.05) is 13.1 Å². The van der Waals surface area contributed by atoms with Crippen molar-refractivity contribution >= 4 is 17.7 Å². The molecular weight excluding hydrogens is 330 g/mol. The zero-order valence-electron chi connectivity index (χ0n) is 15.7. The second kappa shape index (κ2) is 9.94. The summed E-state index contributed by atoms with van der Waals surface area (Å²) in [5, 5.41) is 5.82. The molecule has 1 unspecified atom stereocenters. The highest BCUT2D eigenvalue weighted by atomic mass is 16.2. The molecule has 1 fully saturated rings. The molecule has 2 rings (SSSR count). The van der Waals surface area contributed by atoms with Crippen LogP contribution in [0.4, 0.5) is 0 Å². The number of likely N-dealkylation sites (tertiary alicyclic amines) is 1. The van der Waals surface area contributed by atoms with Crippen molar-refractivity contribution < 1.29 is 14.4 Å². The van der Waals surface area contributed by atoms with E-state index >= 15 is 0 Å². The maximum atomic E-state index is 12.8. The fraction of sp³-hybridized carbons (Fsp3) is 0.550. The van der Waals surface area contributed by atoms with Gasteiger partial charge >= 0.3 is 0 Å². The summed E-state index contributed by atoms with van der Waals surface area (Å²) in [6, 6.07) is 9.18. The van der Waals surface area contributed by atoms with Crippen molar-refractivity contribution in [1.82, 2.24) is 15.5 Å². The summed E-state index contributed by atoms with van der Waals surface area (Å²) in [4.78, 5) is 38.1. The summed E-state index contributed by atoms with van der Waals surface area (Å²) in [5.74, 6) is -0.183. The van der Waals surface area contributed by atoms with Crippen LogP contribution in [0.25, 0.3) is 0 Å². The molecule has 0 saturated carbocycles. The van der Waals surface area contributed by atoms with E-state index in [-0.39, 0.29) is 30.2 Å². The standard InChI is InChI=1S/C20H29N3O3/c1-3-7-18(22-19(25)14-16-8-5-4-6-9-16)20(26)23-12-10-17(11-13-23)21-15(2)24/h4-6,8-9,17-18H,3,7,10-14H2,1-2H3,(H,21,24)(H,22,25). The molecule has 1 aliphatic rings. The van der Waals surface area contributed by atoms with Gasteiger partial charge in [0.15, 0.2) is 0 Å². The van der Waals surface area contributed by atoms with Crippen LogP contribution in [0.1, 0.15) is 45.1 Å². The van der Waals surface area contributed by atoms with Gasteiger partial charge in [-0.2, -0.15) is 0 Å². The van der Waals surface area contributed by atoms with E-state index in [2.05, 4.69) is 10.6 Å². The Morgan fingerprint density at radius 2 is 1.81 bits per heavy atom. The molecule has 0 radical (unpaired) electrons. The minimum atomic E-state index is -0.478. The Morgan fingerprint density at radius 3 is 2.38 bits per heavy atom. The lowest BCUT2D eigenvalue weighted by Gasteiger charge is -2.34. The first-order chi connectivity index (χ1) is 12.5. The van der Waals surface area contributed by atoms with Gasteiger partial charge < -0.3 is 15.5 Å². The summed E-state index contributed by atoms with van der Waals surface area (Å²) >= 11 is 0. The fourth-order valence-corrected chi connectivity index (χ4v) is 3.32. The van der Waals surface area contributed by atoms with Gasteiger partial charge in [0.25, 0.3) is 0 Å². The highest BCUT2D eigenvalue weighted by Gasteiger charge is 2.29. The first kappa shape index (κ1) is 19.9. The normalized spacial score (nSPS) is 16.0. The number of hydrogen-bond acceptors (Lipinski definition) is 3. The van der Waals surface area contributed by atoms with Crippen LogP contribution in [0.15, 0.2) is 30.3 Å². The lowest BCUT2D eigenvalue weighted by molar-refractivity contribution is -0.137. The predicted octanol–water partition coefficient (Wildman–Crippen LogP) is 1.64. The number of benzene rings is 1. The van der Waals surface area contributed by atoms with Gasteiger partial charge in [-0.1, -0.05) is 43.7 Å². The summed E-state index contributed by atoms with van der Waals surface area (Å²) in [6.07, 6.45) is 3.23. The lowest BCUT2D eigenvalue weighted by atomic mass is 10.0. The number of amides is 3. The molecule has 1 aliphatic heterocycles. The summed E-state index contributed by atoms with van der Waals surface area (Å²) in [5.41, 5.74) is 0.934. The molecule has 6 heteroatoms. The topological polar surface area (TPSA) is 78.5 Å². The molecule has 2 N–H and O–H groups in total. The van der Waals surface area contributed by atoms with Crippen LogP contribution in [0.3, 0.4) is 0 Å². The Morgan fingerprint density at radius 1 is 1.15 bits per heavy atom. The Labute approximate surface area is 155 Å². The molecule has 1 saturated heterocycles. The molecule has 6 nitrogen and oxygen atoms in total. The third kappa shape index (κ3) is 6.17. The zero-order chi connectivity index (χ0) is 18.9. The van der Waals surface area contributed by atoms with Crippen LogP contribution in [-0.2, 0) is 20.8 Å². The summed E-state index contributed by atoms with van der Waals surface area (Å²) in [6.45, 7) is 4.74. The van der Waals surface area contributed by atoms with Crippen molar-refractivity contribution in [2.24, 2.45) is 0 Å². The Balaban J connectivity index is 1.88. The van der Waals surface area contributed by atoms with Crippen LogP contribution in [0.5, 0.6) is 0 Å². The van der Waals surface area contributed by atoms with E-state index in [1.54, 1.807) is 4.90 Å². The van der Waals surface area contributed by atoms with E-state index in [0.717, 1.165) is 24.8 Å². The number of carbonyl (C=O) groups excluding carboxylic acids is 3. The second-order valence-electron chi connectivity index (χ2n) is 6.87. The van der Waals surface area contributed by atoms with Gasteiger partial charge in [-0.3, -0.25) is 14.4 Å². The van der Waals surface area contributed by atoms with E-state index in [4.69, 9.17) is 0 Å². The SMILES string of the molecule is CCCC(NC(=O)Cc1ccccc1)C(=O)N1CCC(NC(C)=O)CC1. The van der Waals surface area contributed by atoms with E-state index in [1.165, 1.54) is 6.92 Å². The molecule has 3 amide bonds. The minimum absolute atomic E-state index is 0.0189. The van der Waals surface area contributed by atoms with E-state index in [0.29, 0.717) is 19.5 Å². The van der Waals surface area contributed by atoms with E-state index in [9.17, 15) is 14.4 Å². The van der Waals surface area contributed by atoms with Gasteiger partial charge in [-0.05, 0) is 24.8 Å². The van der Waals surface area contributed by atoms with Gasteiger partial charge in [-0.15, -0.1) is 0 Å². The number of hydrogen-bond donors (Lipinski definition) is 2. The third-order valence-corrected chi connectivity index (χ3v) is 4.63. The maximum absolute atomic E-state index is 12.8. The van der Waals surface area contributed by atoms with Gasteiger partial charge in [0.2, 0.25) is 17.7 Å². The minimum Gasteiger partial charge on any atom is -0.353 e. The third-order valence-electron chi connectivity index (χ3n) is 4.63. The van der Waals surface area contributed by atoms with Crippen molar-refractivity contribution in [3.63, 3.8) is 0 Å². The largest absolute Gasteiger partial charge is 0.353 e. The summed E-state index contributed by atoms with van der Waals surface area (Å²) < 4.78 is 0. The highest BCUT2D eigenvalue weighted by molar-refractivity contribution is 5.88. The first-order valence-corrected chi connectivity index (χ1v) is 9.38. The average molecular weight is 359 g/mol. The smallest absolute Gasteiger partial charge is 0.245 e. The van der Waals surface area contributed by atoms with E-state index < -0.39 is 6.04 Å². The maximum Gasteiger partial charge on any atom is 0.245 e. The van der Waals surface area contributed by atoms with Crippen LogP contribution in [0, 0.1) is 0 Å². The number of carbonyl (C=O) groups is 3. The zero-order valence-corrected chi connectivity index (χ0v) is 15.7. The van der Waals surface area contributed by atoms with E-state index in [1.807, 2.05) is 37.3 Å². The quantitative estimate of drug-likeness (QED) is 0.777.